The molecule has 2 fully saturated rings. The van der Waals surface area contributed by atoms with Crippen LogP contribution in [0.5, 0.6) is 0 Å². The van der Waals surface area contributed by atoms with Crippen molar-refractivity contribution >= 4 is 11.9 Å². The van der Waals surface area contributed by atoms with Crippen LogP contribution in [0.3, 0.4) is 0 Å². The number of halogens is 1. The minimum atomic E-state index is -0.356. The van der Waals surface area contributed by atoms with E-state index >= 15 is 0 Å². The van der Waals surface area contributed by atoms with Gasteiger partial charge in [-0.05, 0) is 46.7 Å². The van der Waals surface area contributed by atoms with Crippen molar-refractivity contribution in [3.8, 4) is 11.1 Å². The number of Topliss-reactive ketones (excluding diaryl/α,β-unsaturated/α-hetero) is 1. The Kier molecular flexibility index (Phi) is 6.05. The van der Waals surface area contributed by atoms with Crippen LogP contribution in [0.2, 0.25) is 0 Å². The highest BCUT2D eigenvalue weighted by Crippen LogP contribution is 2.44. The molecule has 0 radical (unpaired) electrons. The lowest BCUT2D eigenvalue weighted by molar-refractivity contribution is -0.130. The normalized spacial score (nSPS) is 22.6. The van der Waals surface area contributed by atoms with Crippen LogP contribution in [-0.2, 0) is 20.7 Å². The molecule has 0 saturated carbocycles. The fraction of sp³-hybridized carbons (Fsp3) is 0.333. The second-order valence-corrected chi connectivity index (χ2v) is 9.96. The summed E-state index contributed by atoms with van der Waals surface area (Å²) in [5.41, 5.74) is 5.14. The molecule has 0 spiro atoms. The van der Waals surface area contributed by atoms with Gasteiger partial charge in [0, 0.05) is 18.3 Å². The molecule has 36 heavy (non-hydrogen) atoms. The first kappa shape index (κ1) is 22.9. The predicted molar refractivity (Wildman–Crippen MR) is 133 cm³/mol. The Balaban J connectivity index is 1.14. The van der Waals surface area contributed by atoms with E-state index < -0.39 is 0 Å². The smallest absolute Gasteiger partial charge is 0.410 e. The second kappa shape index (κ2) is 9.51. The van der Waals surface area contributed by atoms with Crippen LogP contribution in [0.15, 0.2) is 72.8 Å². The molecule has 1 amide bonds. The van der Waals surface area contributed by atoms with E-state index in [1.54, 1.807) is 23.1 Å². The summed E-state index contributed by atoms with van der Waals surface area (Å²) in [6.45, 7) is 1.02. The van der Waals surface area contributed by atoms with E-state index in [0.717, 1.165) is 0 Å². The summed E-state index contributed by atoms with van der Waals surface area (Å²) in [7, 11) is 0. The molecular weight excluding hydrogens is 457 g/mol. The van der Waals surface area contributed by atoms with E-state index in [-0.39, 0.29) is 54.6 Å². The molecule has 3 aromatic carbocycles. The third kappa shape index (κ3) is 4.09. The second-order valence-electron chi connectivity index (χ2n) is 9.96. The first-order valence-corrected chi connectivity index (χ1v) is 12.6. The van der Waals surface area contributed by atoms with Crippen molar-refractivity contribution in [1.82, 2.24) is 4.90 Å². The molecular formula is C30H28FNO4. The molecule has 3 aliphatic rings. The van der Waals surface area contributed by atoms with Gasteiger partial charge in [-0.1, -0.05) is 66.7 Å². The summed E-state index contributed by atoms with van der Waals surface area (Å²) in [5, 5.41) is 0. The van der Waals surface area contributed by atoms with Gasteiger partial charge in [-0.2, -0.15) is 0 Å². The number of hydrogen-bond donors (Lipinski definition) is 0. The number of benzene rings is 3. The number of ether oxygens (including phenoxy) is 2. The highest BCUT2D eigenvalue weighted by molar-refractivity contribution is 5.84. The molecule has 0 N–H and O–H groups in total. The predicted octanol–water partition coefficient (Wildman–Crippen LogP) is 5.37. The molecule has 6 rings (SSSR count). The van der Waals surface area contributed by atoms with Gasteiger partial charge in [-0.15, -0.1) is 0 Å². The number of carbonyl (C=O) groups is 2. The average molecular weight is 486 g/mol. The molecule has 2 atom stereocenters. The summed E-state index contributed by atoms with van der Waals surface area (Å²) >= 11 is 0. The minimum absolute atomic E-state index is 0.00248. The molecule has 1 aliphatic carbocycles. The fourth-order valence-corrected chi connectivity index (χ4v) is 6.12. The third-order valence-electron chi connectivity index (χ3n) is 7.85. The van der Waals surface area contributed by atoms with Gasteiger partial charge < -0.3 is 9.47 Å². The number of nitrogens with zero attached hydrogens (tertiary/aromatic N) is 1. The van der Waals surface area contributed by atoms with Crippen molar-refractivity contribution in [2.75, 3.05) is 19.8 Å². The van der Waals surface area contributed by atoms with E-state index in [2.05, 4.69) is 24.3 Å². The van der Waals surface area contributed by atoms with Gasteiger partial charge in [-0.3, -0.25) is 9.69 Å². The van der Waals surface area contributed by atoms with E-state index in [9.17, 15) is 14.0 Å². The largest absolute Gasteiger partial charge is 0.448 e. The minimum Gasteiger partial charge on any atom is -0.448 e. The lowest BCUT2D eigenvalue weighted by Crippen LogP contribution is -2.60. The molecule has 2 heterocycles. The fourth-order valence-electron chi connectivity index (χ4n) is 6.12. The van der Waals surface area contributed by atoms with Crippen molar-refractivity contribution in [3.05, 3.63) is 95.3 Å². The van der Waals surface area contributed by atoms with Crippen LogP contribution in [0.25, 0.3) is 11.1 Å². The van der Waals surface area contributed by atoms with Crippen LogP contribution < -0.4 is 0 Å². The zero-order chi connectivity index (χ0) is 24.6. The van der Waals surface area contributed by atoms with Crippen molar-refractivity contribution in [2.24, 2.45) is 5.92 Å². The number of rotatable bonds is 5. The van der Waals surface area contributed by atoms with E-state index in [1.165, 1.54) is 28.3 Å². The molecule has 184 valence electrons. The van der Waals surface area contributed by atoms with Gasteiger partial charge >= 0.3 is 6.09 Å². The van der Waals surface area contributed by atoms with E-state index in [1.807, 2.05) is 24.3 Å². The molecule has 2 bridgehead atoms. The monoisotopic (exact) mass is 485 g/mol. The van der Waals surface area contributed by atoms with E-state index in [4.69, 9.17) is 9.47 Å². The van der Waals surface area contributed by atoms with Crippen molar-refractivity contribution in [1.29, 1.82) is 0 Å². The molecule has 2 aliphatic heterocycles. The van der Waals surface area contributed by atoms with Crippen LogP contribution in [0, 0.1) is 11.7 Å². The Morgan fingerprint density at radius 1 is 0.861 bits per heavy atom. The molecule has 6 heteroatoms. The number of piperidine rings is 1. The third-order valence-corrected chi connectivity index (χ3v) is 7.85. The summed E-state index contributed by atoms with van der Waals surface area (Å²) < 4.78 is 25.7. The quantitative estimate of drug-likeness (QED) is 0.488. The van der Waals surface area contributed by atoms with Gasteiger partial charge in [0.05, 0.1) is 25.3 Å². The zero-order valence-electron chi connectivity index (χ0n) is 19.9. The summed E-state index contributed by atoms with van der Waals surface area (Å²) in [5.74, 6) is -0.562. The van der Waals surface area contributed by atoms with Crippen LogP contribution in [0.1, 0.15) is 35.4 Å². The number of ketones is 1. The van der Waals surface area contributed by atoms with Gasteiger partial charge in [0.1, 0.15) is 18.2 Å². The Morgan fingerprint density at radius 2 is 1.44 bits per heavy atom. The van der Waals surface area contributed by atoms with Gasteiger partial charge in [-0.25, -0.2) is 9.18 Å². The van der Waals surface area contributed by atoms with Crippen LogP contribution in [-0.4, -0.2) is 48.7 Å². The van der Waals surface area contributed by atoms with Crippen LogP contribution in [0.4, 0.5) is 9.18 Å². The SMILES string of the molecule is O=C(Cc1ccccc1F)C1CC2COCC(C1)N2C(=O)OCC1c2ccccc2-c2ccccc21. The molecule has 0 aromatic heterocycles. The number of morpholine rings is 1. The average Bonchev–Trinajstić information content (AvgIpc) is 3.21. The van der Waals surface area contributed by atoms with Crippen molar-refractivity contribution < 1.29 is 23.5 Å². The van der Waals surface area contributed by atoms with Crippen molar-refractivity contribution in [2.45, 2.75) is 37.3 Å². The van der Waals surface area contributed by atoms with Crippen molar-refractivity contribution in [3.63, 3.8) is 0 Å². The Labute approximate surface area is 209 Å². The van der Waals surface area contributed by atoms with Gasteiger partial charge in [0.25, 0.3) is 0 Å². The van der Waals surface area contributed by atoms with Crippen LogP contribution >= 0.6 is 0 Å². The molecule has 5 nitrogen and oxygen atoms in total. The first-order chi connectivity index (χ1) is 17.6. The van der Waals surface area contributed by atoms with Gasteiger partial charge in [0.15, 0.2) is 0 Å². The zero-order valence-corrected chi connectivity index (χ0v) is 19.9. The van der Waals surface area contributed by atoms with Gasteiger partial charge in [0.2, 0.25) is 0 Å². The van der Waals surface area contributed by atoms with E-state index in [0.29, 0.717) is 31.6 Å². The number of amides is 1. The summed E-state index contributed by atoms with van der Waals surface area (Å²) in [4.78, 5) is 28.1. The molecule has 3 aromatic rings. The Hall–Kier alpha value is -3.51. The lowest BCUT2D eigenvalue weighted by atomic mass is 9.81. The summed E-state index contributed by atoms with van der Waals surface area (Å²) in [6, 6.07) is 22.5. The standard InChI is InChI=1S/C30H28FNO4/c31-28-12-6-1-7-19(28)15-29(33)20-13-21-16-35-17-22(14-20)32(21)30(34)36-18-27-25-10-4-2-8-23(25)24-9-3-5-11-26(24)27/h1-12,20-22,27H,13-18H2. The maximum absolute atomic E-state index is 14.1. The maximum Gasteiger partial charge on any atom is 0.410 e. The summed E-state index contributed by atoms with van der Waals surface area (Å²) in [6.07, 6.45) is 0.736. The Bertz CT molecular complexity index is 1250. The molecule has 2 unspecified atom stereocenters. The Morgan fingerprint density at radius 3 is 2.08 bits per heavy atom. The topological polar surface area (TPSA) is 55.8 Å². The number of fused-ring (bicyclic) bond motifs is 5. The highest BCUT2D eigenvalue weighted by atomic mass is 19.1. The molecule has 2 saturated heterocycles. The first-order valence-electron chi connectivity index (χ1n) is 12.6. The lowest BCUT2D eigenvalue weighted by Gasteiger charge is -2.47. The number of carbonyl (C=O) groups excluding carboxylic acids is 2. The highest BCUT2D eigenvalue weighted by Gasteiger charge is 2.44. The maximum atomic E-state index is 14.1. The number of hydrogen-bond acceptors (Lipinski definition) is 4.